The molecule has 0 aliphatic carbocycles. The minimum absolute atomic E-state index is 0.177. The summed E-state index contributed by atoms with van der Waals surface area (Å²) in [6.07, 6.45) is -0.181. The molecule has 1 saturated heterocycles. The Hall–Kier alpha value is -1.42. The summed E-state index contributed by atoms with van der Waals surface area (Å²) < 4.78 is 0. The van der Waals surface area contributed by atoms with Crippen molar-refractivity contribution in [1.29, 1.82) is 0 Å². The third-order valence-corrected chi connectivity index (χ3v) is 10.0. The molecule has 0 bridgehead atoms. The zero-order valence-corrected chi connectivity index (χ0v) is 23.5. The fraction of sp³-hybridized carbons (Fsp3) is 0.714. The number of nitrogens with two attached hydrogens (primary N) is 1. The Morgan fingerprint density at radius 1 is 0.972 bits per heavy atom. The Bertz CT molecular complexity index is 802. The molecule has 4 atom stereocenters. The first-order valence-electron chi connectivity index (χ1n) is 11.4. The highest BCUT2D eigenvalue weighted by molar-refractivity contribution is 8.77. The summed E-state index contributed by atoms with van der Waals surface area (Å²) in [5.74, 6) is -2.39. The molecule has 3 amide bonds. The number of ketones is 2. The third kappa shape index (κ3) is 13.2. The van der Waals surface area contributed by atoms with Gasteiger partial charge < -0.3 is 26.8 Å². The summed E-state index contributed by atoms with van der Waals surface area (Å²) in [6.45, 7) is 3.54. The maximum Gasteiger partial charge on any atom is 0.305 e. The van der Waals surface area contributed by atoms with Crippen molar-refractivity contribution in [1.82, 2.24) is 16.0 Å². The molecule has 0 aromatic rings. The van der Waals surface area contributed by atoms with Gasteiger partial charge in [-0.05, 0) is 13.3 Å². The maximum atomic E-state index is 12.8. The molecule has 0 saturated carbocycles. The van der Waals surface area contributed by atoms with Crippen molar-refractivity contribution in [3.05, 3.63) is 0 Å². The van der Waals surface area contributed by atoms with E-state index in [-0.39, 0.29) is 36.2 Å². The van der Waals surface area contributed by atoms with Crippen molar-refractivity contribution in [2.24, 2.45) is 11.7 Å². The minimum atomic E-state index is -1.29. The van der Waals surface area contributed by atoms with Crippen LogP contribution >= 0.6 is 43.2 Å². The number of hydrogen-bond acceptors (Lipinski definition) is 11. The van der Waals surface area contributed by atoms with Gasteiger partial charge in [0, 0.05) is 48.3 Å². The van der Waals surface area contributed by atoms with E-state index in [0.717, 1.165) is 0 Å². The SMILES string of the molecule is CCC1NC(=O)CCSSCC(N)C(=O)N[C@@H](CC(=O)O)C(=O)CC(C(C)=O)CSSCCNC1=O. The lowest BCUT2D eigenvalue weighted by molar-refractivity contribution is -0.140. The average molecular weight is 583 g/mol. The Kier molecular flexibility index (Phi) is 16.2. The highest BCUT2D eigenvalue weighted by Crippen LogP contribution is 2.26. The van der Waals surface area contributed by atoms with Crippen LogP contribution in [0.3, 0.4) is 0 Å². The van der Waals surface area contributed by atoms with E-state index < -0.39 is 48.1 Å². The largest absolute Gasteiger partial charge is 0.481 e. The van der Waals surface area contributed by atoms with Crippen LogP contribution in [0, 0.1) is 5.92 Å². The van der Waals surface area contributed by atoms with Gasteiger partial charge in [0.2, 0.25) is 17.7 Å². The van der Waals surface area contributed by atoms with Crippen LogP contribution in [0.2, 0.25) is 0 Å². The smallest absolute Gasteiger partial charge is 0.305 e. The number of nitrogens with one attached hydrogen (secondary N) is 3. The van der Waals surface area contributed by atoms with Gasteiger partial charge in [0.25, 0.3) is 0 Å². The van der Waals surface area contributed by atoms with E-state index in [1.54, 1.807) is 6.92 Å². The number of carboxylic acids is 1. The highest BCUT2D eigenvalue weighted by atomic mass is 33.1. The van der Waals surface area contributed by atoms with E-state index in [4.69, 9.17) is 5.73 Å². The average Bonchev–Trinajstić information content (AvgIpc) is 2.81. The summed E-state index contributed by atoms with van der Waals surface area (Å²) in [5.41, 5.74) is 5.90. The quantitative estimate of drug-likeness (QED) is 0.291. The fourth-order valence-electron chi connectivity index (χ4n) is 2.94. The molecule has 1 fully saturated rings. The summed E-state index contributed by atoms with van der Waals surface area (Å²) in [6, 6.07) is -2.92. The molecule has 204 valence electrons. The Morgan fingerprint density at radius 2 is 1.64 bits per heavy atom. The van der Waals surface area contributed by atoms with Crippen LogP contribution in [0.15, 0.2) is 0 Å². The van der Waals surface area contributed by atoms with Crippen molar-refractivity contribution < 1.29 is 33.9 Å². The third-order valence-electron chi connectivity index (χ3n) is 5.08. The van der Waals surface area contributed by atoms with Crippen LogP contribution in [0.4, 0.5) is 0 Å². The number of carbonyl (C=O) groups excluding carboxylic acids is 5. The molecule has 1 heterocycles. The van der Waals surface area contributed by atoms with Gasteiger partial charge in [0.05, 0.1) is 18.5 Å². The van der Waals surface area contributed by atoms with Gasteiger partial charge in [-0.25, -0.2) is 0 Å². The normalized spacial score (nSPS) is 27.0. The Balaban J connectivity index is 2.90. The molecule has 0 aromatic carbocycles. The predicted octanol–water partition coefficient (Wildman–Crippen LogP) is 0.615. The first-order valence-corrected chi connectivity index (χ1v) is 16.4. The minimum Gasteiger partial charge on any atom is -0.481 e. The van der Waals surface area contributed by atoms with Gasteiger partial charge in [-0.3, -0.25) is 28.8 Å². The van der Waals surface area contributed by atoms with Gasteiger partial charge in [-0.2, -0.15) is 0 Å². The highest BCUT2D eigenvalue weighted by Gasteiger charge is 2.29. The molecule has 36 heavy (non-hydrogen) atoms. The fourth-order valence-corrected chi connectivity index (χ4v) is 7.36. The molecule has 11 nitrogen and oxygen atoms in total. The van der Waals surface area contributed by atoms with Crippen molar-refractivity contribution in [2.45, 2.75) is 57.7 Å². The Morgan fingerprint density at radius 3 is 2.28 bits per heavy atom. The second-order valence-corrected chi connectivity index (χ2v) is 13.3. The monoisotopic (exact) mass is 582 g/mol. The molecule has 1 aliphatic rings. The van der Waals surface area contributed by atoms with Crippen molar-refractivity contribution >= 4 is 78.4 Å². The van der Waals surface area contributed by atoms with Crippen LogP contribution in [0.25, 0.3) is 0 Å². The lowest BCUT2D eigenvalue weighted by Crippen LogP contribution is -2.50. The van der Waals surface area contributed by atoms with Crippen LogP contribution in [0.1, 0.15) is 39.5 Å². The first kappa shape index (κ1) is 32.6. The van der Waals surface area contributed by atoms with E-state index in [9.17, 15) is 33.9 Å². The van der Waals surface area contributed by atoms with E-state index in [2.05, 4.69) is 16.0 Å². The molecule has 15 heteroatoms. The van der Waals surface area contributed by atoms with Crippen molar-refractivity contribution in [3.8, 4) is 0 Å². The second kappa shape index (κ2) is 17.9. The number of carbonyl (C=O) groups is 6. The molecule has 0 aromatic heterocycles. The number of aliphatic carboxylic acids is 1. The van der Waals surface area contributed by atoms with Gasteiger partial charge in [-0.15, -0.1) is 0 Å². The van der Waals surface area contributed by atoms with E-state index in [1.165, 1.54) is 50.1 Å². The number of Topliss-reactive ketones (excluding diaryl/α,β-unsaturated/α-hetero) is 2. The molecule has 3 unspecified atom stereocenters. The topological polar surface area (TPSA) is 185 Å². The zero-order chi connectivity index (χ0) is 27.1. The molecule has 6 N–H and O–H groups in total. The maximum absolute atomic E-state index is 12.8. The molecular formula is C21H34N4O7S4. The van der Waals surface area contributed by atoms with Crippen LogP contribution < -0.4 is 21.7 Å². The molecule has 1 rings (SSSR count). The summed E-state index contributed by atoms with van der Waals surface area (Å²) in [4.78, 5) is 73.2. The predicted molar refractivity (Wildman–Crippen MR) is 146 cm³/mol. The molecule has 0 radical (unpaired) electrons. The molecule has 0 spiro atoms. The summed E-state index contributed by atoms with van der Waals surface area (Å²) in [5, 5.41) is 17.1. The van der Waals surface area contributed by atoms with Crippen molar-refractivity contribution in [3.63, 3.8) is 0 Å². The lowest BCUT2D eigenvalue weighted by Gasteiger charge is -2.21. The first-order chi connectivity index (χ1) is 17.0. The van der Waals surface area contributed by atoms with Gasteiger partial charge in [0.1, 0.15) is 11.8 Å². The Labute approximate surface area is 226 Å². The zero-order valence-electron chi connectivity index (χ0n) is 20.3. The van der Waals surface area contributed by atoms with E-state index in [0.29, 0.717) is 30.2 Å². The molecular weight excluding hydrogens is 549 g/mol. The van der Waals surface area contributed by atoms with Crippen LogP contribution in [-0.2, 0) is 28.8 Å². The van der Waals surface area contributed by atoms with E-state index in [1.807, 2.05) is 0 Å². The van der Waals surface area contributed by atoms with Gasteiger partial charge in [-0.1, -0.05) is 50.1 Å². The lowest BCUT2D eigenvalue weighted by atomic mass is 9.95. The van der Waals surface area contributed by atoms with Crippen molar-refractivity contribution in [2.75, 3.05) is 29.6 Å². The summed E-state index contributed by atoms with van der Waals surface area (Å²) in [7, 11) is 5.39. The summed E-state index contributed by atoms with van der Waals surface area (Å²) >= 11 is 0. The van der Waals surface area contributed by atoms with Crippen LogP contribution in [-0.4, -0.2) is 88.0 Å². The van der Waals surface area contributed by atoms with Gasteiger partial charge >= 0.3 is 5.97 Å². The number of carboxylic acid groups (broad SMARTS) is 1. The van der Waals surface area contributed by atoms with Crippen LogP contribution in [0.5, 0.6) is 0 Å². The number of amides is 3. The number of hydrogen-bond donors (Lipinski definition) is 5. The second-order valence-electron chi connectivity index (χ2n) is 8.03. The van der Waals surface area contributed by atoms with Gasteiger partial charge in [0.15, 0.2) is 5.78 Å². The van der Waals surface area contributed by atoms with E-state index >= 15 is 0 Å². The molecule has 1 aliphatic heterocycles. The number of rotatable bonds is 4. The standard InChI is InChI=1S/C21H34N4O7S4/c1-3-15-21(32)23-5-7-34-35-10-13(12(2)26)8-17(27)16(9-19(29)30)25-20(31)14(22)11-36-33-6-4-18(28)24-15/h13-16H,3-11,22H2,1-2H3,(H,23,32)(H,24,28)(H,25,31)(H,29,30)/t13?,14?,15?,16-/m0/s1.